The first kappa shape index (κ1) is 73.3. The molecule has 2 unspecified atom stereocenters. The maximum absolute atomic E-state index is 12.9. The molecule has 0 spiro atoms. The molecule has 6 fully saturated rings. The summed E-state index contributed by atoms with van der Waals surface area (Å²) in [6, 6.07) is 56.5. The lowest BCUT2D eigenvalue weighted by molar-refractivity contribution is 0.0596. The molecule has 3 saturated carbocycles. The number of rotatable bonds is 18. The molecule has 15 heterocycles. The first-order valence-electron chi connectivity index (χ1n) is 41.6. The monoisotopic (exact) mass is 1510 g/mol. The van der Waals surface area contributed by atoms with Gasteiger partial charge in [0, 0.05) is 181 Å². The van der Waals surface area contributed by atoms with E-state index in [0.29, 0.717) is 72.9 Å². The van der Waals surface area contributed by atoms with Gasteiger partial charge in [-0.05, 0) is 208 Å². The normalized spacial score (nSPS) is 20.6. The van der Waals surface area contributed by atoms with Crippen LogP contribution in [-0.4, -0.2) is 116 Å². The van der Waals surface area contributed by atoms with E-state index in [1.54, 1.807) is 0 Å². The molecular formula is C96H96N12O6. The van der Waals surface area contributed by atoms with Crippen LogP contribution in [0.3, 0.4) is 0 Å². The standard InChI is InChI=1S/3C32H32N4O2/c3*1-20-3-2-4-27(34-20)30-31(36-26-10-9-25(18-26)32(36)35-30)24-11-14-33-28(19-24)22-5-7-23(8-6-22)29(37)17-21-12-15-38-16-13-21/h3*2-8,11,14,19,21,25-26H,9-10,12-13,15-18H2,1H3/t2*25-,26+;/m10./s1. The van der Waals surface area contributed by atoms with E-state index in [4.69, 9.17) is 59.1 Å². The first-order chi connectivity index (χ1) is 55.9. The predicted octanol–water partition coefficient (Wildman–Crippen LogP) is 20.4. The number of aromatic nitrogens is 12. The second-order valence-corrected chi connectivity index (χ2v) is 33.2. The third kappa shape index (κ3) is 14.7. The lowest BCUT2D eigenvalue weighted by Crippen LogP contribution is -2.18. The van der Waals surface area contributed by atoms with Crippen LogP contribution >= 0.6 is 0 Å². The number of hydrogen-bond acceptors (Lipinski definition) is 15. The number of pyridine rings is 6. The van der Waals surface area contributed by atoms with E-state index in [0.717, 1.165) is 214 Å². The van der Waals surface area contributed by atoms with Crippen molar-refractivity contribution in [3.63, 3.8) is 0 Å². The van der Waals surface area contributed by atoms with Crippen LogP contribution in [0.4, 0.5) is 0 Å². The third-order valence-corrected chi connectivity index (χ3v) is 25.7. The van der Waals surface area contributed by atoms with Gasteiger partial charge in [0.15, 0.2) is 17.3 Å². The Morgan fingerprint density at radius 2 is 0.596 bits per heavy atom. The molecule has 6 atom stereocenters. The Morgan fingerprint density at radius 3 is 0.868 bits per heavy atom. The van der Waals surface area contributed by atoms with E-state index >= 15 is 0 Å². The molecule has 0 amide bonds. The zero-order valence-electron chi connectivity index (χ0n) is 65.3. The van der Waals surface area contributed by atoms with Gasteiger partial charge in [-0.15, -0.1) is 0 Å². The van der Waals surface area contributed by atoms with Gasteiger partial charge >= 0.3 is 0 Å². The highest BCUT2D eigenvalue weighted by molar-refractivity contribution is 5.98. The largest absolute Gasteiger partial charge is 0.381 e. The summed E-state index contributed by atoms with van der Waals surface area (Å²) in [5.74, 6) is 7.19. The Labute approximate surface area is 665 Å². The lowest BCUT2D eigenvalue weighted by atomic mass is 9.91. The van der Waals surface area contributed by atoms with Crippen LogP contribution < -0.4 is 0 Å². The number of nitrogens with zero attached hydrogens (tertiary/aromatic N) is 12. The third-order valence-electron chi connectivity index (χ3n) is 25.7. The maximum Gasteiger partial charge on any atom is 0.163 e. The lowest BCUT2D eigenvalue weighted by Gasteiger charge is -2.21. The summed E-state index contributed by atoms with van der Waals surface area (Å²) in [5.41, 5.74) is 23.4. The average molecular weight is 1510 g/mol. The number of carbonyl (C=O) groups excluding carboxylic acids is 3. The minimum Gasteiger partial charge on any atom is -0.381 e. The average Bonchev–Trinajstić information content (AvgIpc) is 1.58. The SMILES string of the molecule is Cc1cccc(-c2nc3n(c2-c2ccnc(-c4ccc(C(=O)CC5CCOCC5)cc4)c2)C2CCC3C2)n1.Cc1cccc(-c2nc3n(c2-c2ccnc(-c4ccc(C(=O)CC5CCOCC5)cc4)c2)[C@@H]2CC[C@H]3C2)n1.Cc1cccc(-c2nc3n(c2-c2ccnc(-c4ccc(C(=O)CC5CCOCC5)cc4)c2)[C@H]2CC[C@@H]3C2)n1. The van der Waals surface area contributed by atoms with Gasteiger partial charge in [0.1, 0.15) is 34.6 Å². The van der Waals surface area contributed by atoms with Gasteiger partial charge < -0.3 is 27.9 Å². The van der Waals surface area contributed by atoms with Crippen molar-refractivity contribution in [1.29, 1.82) is 0 Å². The zero-order valence-corrected chi connectivity index (χ0v) is 65.3. The summed E-state index contributed by atoms with van der Waals surface area (Å²) in [4.78, 5) is 82.7. The van der Waals surface area contributed by atoms with E-state index < -0.39 is 0 Å². The molecule has 18 heteroatoms. The summed E-state index contributed by atoms with van der Waals surface area (Å²) in [5, 5.41) is 0. The van der Waals surface area contributed by atoms with Crippen molar-refractivity contribution in [2.45, 2.75) is 172 Å². The van der Waals surface area contributed by atoms with Crippen molar-refractivity contribution < 1.29 is 28.6 Å². The molecule has 114 heavy (non-hydrogen) atoms. The van der Waals surface area contributed by atoms with Crippen molar-refractivity contribution in [2.75, 3.05) is 39.6 Å². The van der Waals surface area contributed by atoms with E-state index in [1.165, 1.54) is 75.3 Å². The van der Waals surface area contributed by atoms with Crippen LogP contribution in [0.1, 0.15) is 217 Å². The molecule has 6 aliphatic heterocycles. The summed E-state index contributed by atoms with van der Waals surface area (Å²) in [6.45, 7) is 10.7. The Hall–Kier alpha value is -10.9. The zero-order chi connectivity index (χ0) is 76.9. The maximum atomic E-state index is 12.9. The van der Waals surface area contributed by atoms with E-state index in [2.05, 4.69) is 86.5 Å². The number of carbonyl (C=O) groups is 3. The molecule has 12 aromatic rings. The Bertz CT molecular complexity index is 5050. The molecule has 3 aromatic carbocycles. The number of ether oxygens (including phenoxy) is 3. The predicted molar refractivity (Wildman–Crippen MR) is 441 cm³/mol. The van der Waals surface area contributed by atoms with Gasteiger partial charge in [-0.25, -0.2) is 15.0 Å². The second-order valence-electron chi connectivity index (χ2n) is 33.2. The van der Waals surface area contributed by atoms with Crippen molar-refractivity contribution in [3.05, 3.63) is 234 Å². The highest BCUT2D eigenvalue weighted by atomic mass is 16.5. The van der Waals surface area contributed by atoms with Crippen LogP contribution in [-0.2, 0) is 14.2 Å². The first-order valence-corrected chi connectivity index (χ1v) is 41.6. The van der Waals surface area contributed by atoms with Crippen molar-refractivity contribution in [1.82, 2.24) is 58.6 Å². The van der Waals surface area contributed by atoms with Crippen molar-refractivity contribution in [3.8, 4) is 102 Å². The Balaban J connectivity index is 0.000000115. The van der Waals surface area contributed by atoms with Crippen LogP contribution in [0.5, 0.6) is 0 Å². The molecule has 0 N–H and O–H groups in total. The molecule has 21 rings (SSSR count). The van der Waals surface area contributed by atoms with Crippen molar-refractivity contribution in [2.24, 2.45) is 17.8 Å². The smallest absolute Gasteiger partial charge is 0.163 e. The van der Waals surface area contributed by atoms with E-state index in [9.17, 15) is 14.4 Å². The molecule has 6 bridgehead atoms. The number of hydrogen-bond donors (Lipinski definition) is 0. The minimum atomic E-state index is 0.213. The van der Waals surface area contributed by atoms with Gasteiger partial charge in [-0.2, -0.15) is 0 Å². The van der Waals surface area contributed by atoms with Crippen LogP contribution in [0, 0.1) is 38.5 Å². The molecule has 3 aliphatic carbocycles. The number of ketones is 3. The highest BCUT2D eigenvalue weighted by Gasteiger charge is 2.45. The Morgan fingerprint density at radius 1 is 0.316 bits per heavy atom. The fraction of sp³-hybridized carbons (Fsp3) is 0.375. The van der Waals surface area contributed by atoms with Gasteiger partial charge in [0.05, 0.1) is 51.2 Å². The highest BCUT2D eigenvalue weighted by Crippen LogP contribution is 2.56. The Kier molecular flexibility index (Phi) is 20.4. The summed E-state index contributed by atoms with van der Waals surface area (Å²) in [6.07, 6.45) is 24.2. The number of fused-ring (bicyclic) bond motifs is 15. The number of benzene rings is 3. The summed E-state index contributed by atoms with van der Waals surface area (Å²) >= 11 is 0. The van der Waals surface area contributed by atoms with Gasteiger partial charge in [0.2, 0.25) is 0 Å². The van der Waals surface area contributed by atoms with Crippen LogP contribution in [0.2, 0.25) is 0 Å². The molecular weight excluding hydrogens is 1420 g/mol. The van der Waals surface area contributed by atoms with Gasteiger partial charge in [0.25, 0.3) is 0 Å². The molecule has 576 valence electrons. The topological polar surface area (TPSA) is 210 Å². The summed E-state index contributed by atoms with van der Waals surface area (Å²) in [7, 11) is 0. The fourth-order valence-electron chi connectivity index (χ4n) is 19.7. The van der Waals surface area contributed by atoms with E-state index in [-0.39, 0.29) is 17.3 Å². The molecule has 0 radical (unpaired) electrons. The molecule has 3 saturated heterocycles. The number of aryl methyl sites for hydroxylation is 3. The number of imidazole rings is 3. The minimum absolute atomic E-state index is 0.213. The molecule has 9 aromatic heterocycles. The fourth-order valence-corrected chi connectivity index (χ4v) is 19.7. The van der Waals surface area contributed by atoms with E-state index in [1.807, 2.05) is 130 Å². The quantitative estimate of drug-likeness (QED) is 0.0732. The van der Waals surface area contributed by atoms with Crippen LogP contribution in [0.15, 0.2) is 182 Å². The molecule has 9 aliphatic rings. The second kappa shape index (κ2) is 31.8. The van der Waals surface area contributed by atoms with Crippen molar-refractivity contribution >= 4 is 17.3 Å². The van der Waals surface area contributed by atoms with Gasteiger partial charge in [-0.3, -0.25) is 44.3 Å². The van der Waals surface area contributed by atoms with Gasteiger partial charge in [-0.1, -0.05) is 91.0 Å². The summed E-state index contributed by atoms with van der Waals surface area (Å²) < 4.78 is 23.7. The molecule has 18 nitrogen and oxygen atoms in total. The van der Waals surface area contributed by atoms with Crippen LogP contribution in [0.25, 0.3) is 102 Å². The number of Topliss-reactive ketones (excluding diaryl/α,β-unsaturated/α-hetero) is 3.